The van der Waals surface area contributed by atoms with Gasteiger partial charge in [0.15, 0.2) is 5.54 Å². The van der Waals surface area contributed by atoms with Crippen LogP contribution >= 0.6 is 0 Å². The molecule has 2 aromatic rings. The Morgan fingerprint density at radius 3 is 2.57 bits per heavy atom. The summed E-state index contributed by atoms with van der Waals surface area (Å²) in [4.78, 5) is 26.8. The van der Waals surface area contributed by atoms with Gasteiger partial charge in [-0.1, -0.05) is 18.2 Å². The second kappa shape index (κ2) is 8.23. The third kappa shape index (κ3) is 3.66. The number of hydrogen-bond donors (Lipinski definition) is 2. The molecule has 0 radical (unpaired) electrons. The van der Waals surface area contributed by atoms with E-state index in [0.717, 1.165) is 10.6 Å². The molecule has 1 fully saturated rings. The van der Waals surface area contributed by atoms with E-state index in [9.17, 15) is 14.7 Å². The van der Waals surface area contributed by atoms with Crippen molar-refractivity contribution in [3.8, 4) is 17.2 Å². The van der Waals surface area contributed by atoms with E-state index in [4.69, 9.17) is 14.2 Å². The van der Waals surface area contributed by atoms with E-state index in [2.05, 4.69) is 5.32 Å². The number of β-amino-alcohol motifs (C(OH)–C–C–N with tert-alkyl or cyclic N) is 1. The monoisotopic (exact) mass is 412 g/mol. The van der Waals surface area contributed by atoms with E-state index in [0.29, 0.717) is 36.7 Å². The highest BCUT2D eigenvalue weighted by atomic mass is 16.5. The van der Waals surface area contributed by atoms with Crippen LogP contribution in [0.1, 0.15) is 18.9 Å². The van der Waals surface area contributed by atoms with Crippen molar-refractivity contribution in [1.29, 1.82) is 0 Å². The number of ether oxygens (including phenoxy) is 3. The summed E-state index contributed by atoms with van der Waals surface area (Å²) in [5.41, 5.74) is -0.515. The first-order chi connectivity index (χ1) is 14.5. The molecule has 158 valence electrons. The zero-order chi connectivity index (χ0) is 21.1. The highest BCUT2D eigenvalue weighted by Crippen LogP contribution is 2.40. The molecule has 2 N–H and O–H groups in total. The summed E-state index contributed by atoms with van der Waals surface area (Å²) in [5, 5.41) is 13.2. The predicted octanol–water partition coefficient (Wildman–Crippen LogP) is 2.05. The van der Waals surface area contributed by atoms with Crippen LogP contribution in [0.5, 0.6) is 17.2 Å². The van der Waals surface area contributed by atoms with Gasteiger partial charge >= 0.3 is 6.03 Å². The largest absolute Gasteiger partial charge is 0.494 e. The summed E-state index contributed by atoms with van der Waals surface area (Å²) >= 11 is 0. The molecule has 0 aliphatic carbocycles. The number of carbonyl (C=O) groups is 2. The molecule has 0 aromatic heterocycles. The molecule has 1 spiro atoms. The Morgan fingerprint density at radius 2 is 1.83 bits per heavy atom. The summed E-state index contributed by atoms with van der Waals surface area (Å²) in [5.74, 6) is 1.48. The number of rotatable bonds is 7. The maximum Gasteiger partial charge on any atom is 0.325 e. The molecule has 2 heterocycles. The number of aliphatic hydroxyl groups is 1. The molecule has 2 aromatic carbocycles. The topological polar surface area (TPSA) is 97.3 Å². The van der Waals surface area contributed by atoms with Crippen LogP contribution in [0.3, 0.4) is 0 Å². The maximum atomic E-state index is 13.2. The zero-order valence-electron chi connectivity index (χ0n) is 16.7. The second-order valence-electron chi connectivity index (χ2n) is 7.22. The van der Waals surface area contributed by atoms with Crippen LogP contribution in [0.25, 0.3) is 0 Å². The highest BCUT2D eigenvalue weighted by molar-refractivity contribution is 6.08. The average Bonchev–Trinajstić information content (AvgIpc) is 2.98. The van der Waals surface area contributed by atoms with Crippen molar-refractivity contribution in [1.82, 2.24) is 10.2 Å². The van der Waals surface area contributed by atoms with Crippen LogP contribution in [-0.4, -0.2) is 54.4 Å². The Hall–Kier alpha value is -3.26. The number of urea groups is 1. The number of fused-ring (bicyclic) bond motifs is 2. The minimum atomic E-state index is -1.15. The quantitative estimate of drug-likeness (QED) is 0.676. The van der Waals surface area contributed by atoms with Gasteiger partial charge in [-0.05, 0) is 37.3 Å². The third-order valence-electron chi connectivity index (χ3n) is 5.23. The molecular weight excluding hydrogens is 388 g/mol. The molecule has 2 aliphatic heterocycles. The van der Waals surface area contributed by atoms with Gasteiger partial charge in [-0.3, -0.25) is 9.69 Å². The fourth-order valence-electron chi connectivity index (χ4n) is 3.79. The van der Waals surface area contributed by atoms with Crippen LogP contribution in [-0.2, 0) is 10.3 Å². The average molecular weight is 412 g/mol. The molecule has 30 heavy (non-hydrogen) atoms. The number of nitrogens with one attached hydrogen (secondary N) is 1. The van der Waals surface area contributed by atoms with Crippen LogP contribution in [0.15, 0.2) is 48.5 Å². The number of carbonyl (C=O) groups excluding carboxylic acids is 2. The van der Waals surface area contributed by atoms with E-state index in [1.54, 1.807) is 42.5 Å². The van der Waals surface area contributed by atoms with Gasteiger partial charge in [0.2, 0.25) is 0 Å². The molecular formula is C22H24N2O6. The van der Waals surface area contributed by atoms with E-state index < -0.39 is 17.7 Å². The summed E-state index contributed by atoms with van der Waals surface area (Å²) in [6, 6.07) is 13.7. The second-order valence-corrected chi connectivity index (χ2v) is 7.22. The summed E-state index contributed by atoms with van der Waals surface area (Å²) in [6.07, 6.45) is -0.694. The normalized spacial score (nSPS) is 21.1. The number of imide groups is 1. The molecule has 0 bridgehead atoms. The lowest BCUT2D eigenvalue weighted by atomic mass is 9.84. The maximum absolute atomic E-state index is 13.2. The van der Waals surface area contributed by atoms with E-state index >= 15 is 0 Å². The third-order valence-corrected chi connectivity index (χ3v) is 5.23. The lowest BCUT2D eigenvalue weighted by molar-refractivity contribution is -0.133. The predicted molar refractivity (Wildman–Crippen MR) is 108 cm³/mol. The number of hydrogen-bond acceptors (Lipinski definition) is 6. The number of para-hydroxylation sites is 1. The Bertz CT molecular complexity index is 931. The number of amides is 3. The number of benzene rings is 2. The van der Waals surface area contributed by atoms with E-state index in [1.165, 1.54) is 0 Å². The molecule has 2 unspecified atom stereocenters. The van der Waals surface area contributed by atoms with Crippen molar-refractivity contribution < 1.29 is 28.9 Å². The smallest absolute Gasteiger partial charge is 0.325 e. The van der Waals surface area contributed by atoms with Gasteiger partial charge in [0.1, 0.15) is 30.0 Å². The molecule has 8 heteroatoms. The van der Waals surface area contributed by atoms with Gasteiger partial charge in [0.25, 0.3) is 5.91 Å². The molecule has 4 rings (SSSR count). The Balaban J connectivity index is 1.40. The first kappa shape index (κ1) is 20.0. The molecule has 1 saturated heterocycles. The summed E-state index contributed by atoms with van der Waals surface area (Å²) in [7, 11) is 0. The first-order valence-corrected chi connectivity index (χ1v) is 9.93. The van der Waals surface area contributed by atoms with E-state index in [-0.39, 0.29) is 19.1 Å². The standard InChI is InChI=1S/C22H24N2O6/c1-2-28-16-7-9-17(10-8-16)30-14-15(25)13-24-20(26)22(23-21(24)27)11-12-29-19-6-4-3-5-18(19)22/h3-10,15,25H,2,11-14H2,1H3,(H,23,27). The molecule has 3 amide bonds. The van der Waals surface area contributed by atoms with Crippen LogP contribution in [0, 0.1) is 0 Å². The lowest BCUT2D eigenvalue weighted by Gasteiger charge is -2.33. The van der Waals surface area contributed by atoms with Gasteiger partial charge in [0, 0.05) is 12.0 Å². The van der Waals surface area contributed by atoms with Gasteiger partial charge in [-0.2, -0.15) is 0 Å². The van der Waals surface area contributed by atoms with Crippen molar-refractivity contribution in [2.45, 2.75) is 25.0 Å². The van der Waals surface area contributed by atoms with Gasteiger partial charge in [0.05, 0.1) is 19.8 Å². The van der Waals surface area contributed by atoms with Crippen molar-refractivity contribution in [2.24, 2.45) is 0 Å². The van der Waals surface area contributed by atoms with Crippen LogP contribution in [0.2, 0.25) is 0 Å². The zero-order valence-corrected chi connectivity index (χ0v) is 16.7. The number of nitrogens with zero attached hydrogens (tertiary/aromatic N) is 1. The molecule has 8 nitrogen and oxygen atoms in total. The van der Waals surface area contributed by atoms with Crippen molar-refractivity contribution >= 4 is 11.9 Å². The molecule has 2 atom stereocenters. The van der Waals surface area contributed by atoms with Crippen molar-refractivity contribution in [2.75, 3.05) is 26.4 Å². The lowest BCUT2D eigenvalue weighted by Crippen LogP contribution is -2.48. The minimum absolute atomic E-state index is 0.0578. The molecule has 0 saturated carbocycles. The fraction of sp³-hybridized carbons (Fsp3) is 0.364. The van der Waals surface area contributed by atoms with E-state index in [1.807, 2.05) is 13.0 Å². The Morgan fingerprint density at radius 1 is 1.13 bits per heavy atom. The van der Waals surface area contributed by atoms with Crippen molar-refractivity contribution in [3.63, 3.8) is 0 Å². The first-order valence-electron chi connectivity index (χ1n) is 9.93. The van der Waals surface area contributed by atoms with Crippen LogP contribution < -0.4 is 19.5 Å². The van der Waals surface area contributed by atoms with Crippen molar-refractivity contribution in [3.05, 3.63) is 54.1 Å². The SMILES string of the molecule is CCOc1ccc(OCC(O)CN2C(=O)NC3(CCOc4ccccc43)C2=O)cc1. The van der Waals surface area contributed by atoms with Gasteiger partial charge < -0.3 is 24.6 Å². The Kier molecular flexibility index (Phi) is 5.50. The summed E-state index contributed by atoms with van der Waals surface area (Å²) < 4.78 is 16.6. The van der Waals surface area contributed by atoms with Gasteiger partial charge in [-0.25, -0.2) is 4.79 Å². The Labute approximate surface area is 174 Å². The molecule has 2 aliphatic rings. The summed E-state index contributed by atoms with van der Waals surface area (Å²) in [6.45, 7) is 2.58. The number of aliphatic hydroxyl groups excluding tert-OH is 1. The minimum Gasteiger partial charge on any atom is -0.494 e. The van der Waals surface area contributed by atoms with Crippen LogP contribution in [0.4, 0.5) is 4.79 Å². The highest BCUT2D eigenvalue weighted by Gasteiger charge is 2.55. The fourth-order valence-corrected chi connectivity index (χ4v) is 3.79. The van der Waals surface area contributed by atoms with Gasteiger partial charge in [-0.15, -0.1) is 0 Å².